The number of hydrogen-bond acceptors (Lipinski definition) is 4. The van der Waals surface area contributed by atoms with Gasteiger partial charge in [0.2, 0.25) is 5.89 Å². The first-order valence-electron chi connectivity index (χ1n) is 8.64. The third-order valence-electron chi connectivity index (χ3n) is 4.81. The van der Waals surface area contributed by atoms with Gasteiger partial charge in [0.1, 0.15) is 0 Å². The molecule has 1 aliphatic carbocycles. The van der Waals surface area contributed by atoms with E-state index >= 15 is 0 Å². The topological polar surface area (TPSA) is 64.9 Å². The molecule has 120 valence electrons. The molecule has 4 heteroatoms. The Kier molecular flexibility index (Phi) is 6.22. The zero-order valence-electron chi connectivity index (χ0n) is 13.8. The van der Waals surface area contributed by atoms with Crippen LogP contribution in [0.3, 0.4) is 0 Å². The Morgan fingerprint density at radius 3 is 2.81 bits per heavy atom. The molecule has 1 aliphatic rings. The van der Waals surface area contributed by atoms with E-state index in [0.29, 0.717) is 24.3 Å². The number of rotatable bonds is 7. The van der Waals surface area contributed by atoms with Crippen molar-refractivity contribution in [1.82, 2.24) is 10.1 Å². The lowest BCUT2D eigenvalue weighted by molar-refractivity contribution is 0.295. The zero-order chi connectivity index (χ0) is 15.2. The van der Waals surface area contributed by atoms with Crippen molar-refractivity contribution in [3.05, 3.63) is 11.7 Å². The fourth-order valence-electron chi connectivity index (χ4n) is 3.59. The van der Waals surface area contributed by atoms with Gasteiger partial charge in [0.05, 0.1) is 0 Å². The predicted molar refractivity (Wildman–Crippen MR) is 85.0 cm³/mol. The van der Waals surface area contributed by atoms with Crippen LogP contribution in [-0.4, -0.2) is 16.7 Å². The molecule has 1 fully saturated rings. The average Bonchev–Trinajstić information content (AvgIpc) is 2.94. The van der Waals surface area contributed by atoms with Crippen LogP contribution >= 0.6 is 0 Å². The van der Waals surface area contributed by atoms with Gasteiger partial charge in [-0.05, 0) is 43.6 Å². The SMILES string of the molecule is CCC1CCCC(c2noc(C[C@@H](CN)CC(C)C)n2)C1. The van der Waals surface area contributed by atoms with Crippen molar-refractivity contribution in [2.24, 2.45) is 23.5 Å². The van der Waals surface area contributed by atoms with Gasteiger partial charge in [-0.25, -0.2) is 0 Å². The summed E-state index contributed by atoms with van der Waals surface area (Å²) in [7, 11) is 0. The normalized spacial score (nSPS) is 24.4. The molecular formula is C17H31N3O. The molecule has 1 aromatic rings. The highest BCUT2D eigenvalue weighted by Crippen LogP contribution is 2.36. The van der Waals surface area contributed by atoms with Crippen molar-refractivity contribution in [3.8, 4) is 0 Å². The van der Waals surface area contributed by atoms with Gasteiger partial charge in [0.15, 0.2) is 5.82 Å². The van der Waals surface area contributed by atoms with Crippen LogP contribution in [0.5, 0.6) is 0 Å². The smallest absolute Gasteiger partial charge is 0.226 e. The Bertz CT molecular complexity index is 416. The van der Waals surface area contributed by atoms with Crippen LogP contribution in [0.15, 0.2) is 4.52 Å². The Hall–Kier alpha value is -0.900. The summed E-state index contributed by atoms with van der Waals surface area (Å²) >= 11 is 0. The maximum absolute atomic E-state index is 5.86. The lowest BCUT2D eigenvalue weighted by Crippen LogP contribution is -2.19. The summed E-state index contributed by atoms with van der Waals surface area (Å²) in [4.78, 5) is 4.66. The highest BCUT2D eigenvalue weighted by Gasteiger charge is 2.26. The Labute approximate surface area is 128 Å². The predicted octanol–water partition coefficient (Wildman–Crippen LogP) is 3.92. The Balaban J connectivity index is 1.94. The molecule has 0 aromatic carbocycles. The molecule has 1 saturated carbocycles. The van der Waals surface area contributed by atoms with Crippen LogP contribution in [0.1, 0.15) is 76.9 Å². The van der Waals surface area contributed by atoms with Crippen molar-refractivity contribution in [2.75, 3.05) is 6.54 Å². The van der Waals surface area contributed by atoms with Crippen molar-refractivity contribution in [1.29, 1.82) is 0 Å². The molecule has 21 heavy (non-hydrogen) atoms. The Morgan fingerprint density at radius 1 is 1.33 bits per heavy atom. The van der Waals surface area contributed by atoms with E-state index in [1.165, 1.54) is 32.1 Å². The van der Waals surface area contributed by atoms with Crippen molar-refractivity contribution in [3.63, 3.8) is 0 Å². The van der Waals surface area contributed by atoms with Crippen LogP contribution in [0.4, 0.5) is 0 Å². The molecule has 2 unspecified atom stereocenters. The summed E-state index contributed by atoms with van der Waals surface area (Å²) in [6, 6.07) is 0. The van der Waals surface area contributed by atoms with Crippen LogP contribution in [0, 0.1) is 17.8 Å². The van der Waals surface area contributed by atoms with Crippen LogP contribution in [-0.2, 0) is 6.42 Å². The van der Waals surface area contributed by atoms with Gasteiger partial charge in [-0.1, -0.05) is 45.2 Å². The molecule has 1 heterocycles. The number of nitrogens with two attached hydrogens (primary N) is 1. The van der Waals surface area contributed by atoms with Gasteiger partial charge in [-0.3, -0.25) is 0 Å². The van der Waals surface area contributed by atoms with E-state index in [2.05, 4.69) is 30.9 Å². The van der Waals surface area contributed by atoms with Gasteiger partial charge < -0.3 is 10.3 Å². The van der Waals surface area contributed by atoms with Crippen LogP contribution in [0.2, 0.25) is 0 Å². The summed E-state index contributed by atoms with van der Waals surface area (Å²) in [6.45, 7) is 7.44. The first-order chi connectivity index (χ1) is 10.1. The molecular weight excluding hydrogens is 262 g/mol. The fourth-order valence-corrected chi connectivity index (χ4v) is 3.59. The van der Waals surface area contributed by atoms with Crippen LogP contribution in [0.25, 0.3) is 0 Å². The van der Waals surface area contributed by atoms with Gasteiger partial charge in [-0.2, -0.15) is 4.98 Å². The van der Waals surface area contributed by atoms with E-state index < -0.39 is 0 Å². The second kappa shape index (κ2) is 7.92. The fraction of sp³-hybridized carbons (Fsp3) is 0.882. The van der Waals surface area contributed by atoms with E-state index in [0.717, 1.165) is 30.5 Å². The van der Waals surface area contributed by atoms with E-state index in [1.54, 1.807) is 0 Å². The van der Waals surface area contributed by atoms with E-state index in [-0.39, 0.29) is 0 Å². The van der Waals surface area contributed by atoms with E-state index in [4.69, 9.17) is 10.3 Å². The molecule has 1 aromatic heterocycles. The lowest BCUT2D eigenvalue weighted by Gasteiger charge is -2.26. The Morgan fingerprint density at radius 2 is 2.14 bits per heavy atom. The van der Waals surface area contributed by atoms with E-state index in [9.17, 15) is 0 Å². The highest BCUT2D eigenvalue weighted by molar-refractivity contribution is 4.98. The third-order valence-corrected chi connectivity index (χ3v) is 4.81. The lowest BCUT2D eigenvalue weighted by atomic mass is 9.80. The highest BCUT2D eigenvalue weighted by atomic mass is 16.5. The summed E-state index contributed by atoms with van der Waals surface area (Å²) in [5.41, 5.74) is 5.86. The van der Waals surface area contributed by atoms with Crippen molar-refractivity contribution in [2.45, 2.75) is 71.6 Å². The second-order valence-electron chi connectivity index (χ2n) is 7.12. The maximum atomic E-state index is 5.86. The summed E-state index contributed by atoms with van der Waals surface area (Å²) in [5.74, 6) is 4.16. The molecule has 0 bridgehead atoms. The van der Waals surface area contributed by atoms with Gasteiger partial charge in [0, 0.05) is 12.3 Å². The minimum atomic E-state index is 0.452. The monoisotopic (exact) mass is 293 g/mol. The number of aromatic nitrogens is 2. The quantitative estimate of drug-likeness (QED) is 0.827. The first kappa shape index (κ1) is 16.5. The molecule has 0 amide bonds. The van der Waals surface area contributed by atoms with Crippen LogP contribution < -0.4 is 5.73 Å². The molecule has 0 saturated heterocycles. The average molecular weight is 293 g/mol. The van der Waals surface area contributed by atoms with Crippen molar-refractivity contribution >= 4 is 0 Å². The zero-order valence-corrected chi connectivity index (χ0v) is 13.8. The minimum Gasteiger partial charge on any atom is -0.339 e. The first-order valence-corrected chi connectivity index (χ1v) is 8.64. The van der Waals surface area contributed by atoms with E-state index in [1.807, 2.05) is 0 Å². The van der Waals surface area contributed by atoms with Gasteiger partial charge in [0.25, 0.3) is 0 Å². The standard InChI is InChI=1S/C17H31N3O/c1-4-13-6-5-7-15(9-13)17-19-16(21-20-17)10-14(11-18)8-12(2)3/h12-15H,4-11,18H2,1-3H3/t13?,14-,15?/m0/s1. The number of hydrogen-bond donors (Lipinski definition) is 1. The molecule has 0 aliphatic heterocycles. The molecule has 0 radical (unpaired) electrons. The summed E-state index contributed by atoms with van der Waals surface area (Å²) < 4.78 is 5.48. The molecule has 2 rings (SSSR count). The molecule has 0 spiro atoms. The second-order valence-corrected chi connectivity index (χ2v) is 7.12. The molecule has 4 nitrogen and oxygen atoms in total. The largest absolute Gasteiger partial charge is 0.339 e. The minimum absolute atomic E-state index is 0.452. The van der Waals surface area contributed by atoms with Gasteiger partial charge >= 0.3 is 0 Å². The molecule has 3 atom stereocenters. The summed E-state index contributed by atoms with van der Waals surface area (Å²) in [6.07, 6.45) is 8.31. The molecule has 2 N–H and O–H groups in total. The number of nitrogens with zero attached hydrogens (tertiary/aromatic N) is 2. The third kappa shape index (κ3) is 4.80. The van der Waals surface area contributed by atoms with Gasteiger partial charge in [-0.15, -0.1) is 0 Å². The maximum Gasteiger partial charge on any atom is 0.226 e. The summed E-state index contributed by atoms with van der Waals surface area (Å²) in [5, 5.41) is 4.25. The van der Waals surface area contributed by atoms with Crippen molar-refractivity contribution < 1.29 is 4.52 Å².